The van der Waals surface area contributed by atoms with Gasteiger partial charge in [-0.3, -0.25) is 14.3 Å². The summed E-state index contributed by atoms with van der Waals surface area (Å²) in [4.78, 5) is 23.6. The number of hydrogen-bond acceptors (Lipinski definition) is 4. The Kier molecular flexibility index (Phi) is 4.95. The molecule has 0 radical (unpaired) electrons. The van der Waals surface area contributed by atoms with Gasteiger partial charge >= 0.3 is 5.97 Å². The van der Waals surface area contributed by atoms with Crippen LogP contribution in [0.1, 0.15) is 36.5 Å². The minimum Gasteiger partial charge on any atom is -0.481 e. The van der Waals surface area contributed by atoms with Crippen molar-refractivity contribution in [3.8, 4) is 0 Å². The lowest BCUT2D eigenvalue weighted by Crippen LogP contribution is -2.46. The highest BCUT2D eigenvalue weighted by molar-refractivity contribution is 5.94. The van der Waals surface area contributed by atoms with Crippen molar-refractivity contribution in [2.45, 2.75) is 32.7 Å². The quantitative estimate of drug-likeness (QED) is 0.813. The van der Waals surface area contributed by atoms with Crippen LogP contribution >= 0.6 is 0 Å². The zero-order valence-corrected chi connectivity index (χ0v) is 12.2. The number of carbonyl (C=O) groups is 2. The number of hydrogen-bond donors (Lipinski definition) is 2. The third-order valence-corrected chi connectivity index (χ3v) is 3.84. The summed E-state index contributed by atoms with van der Waals surface area (Å²) >= 11 is 0. The molecule has 1 aromatic rings. The van der Waals surface area contributed by atoms with Crippen molar-refractivity contribution in [1.82, 2.24) is 15.1 Å². The molecule has 1 saturated heterocycles. The molecule has 1 aliphatic rings. The van der Waals surface area contributed by atoms with Crippen LogP contribution in [0.5, 0.6) is 0 Å². The highest BCUT2D eigenvalue weighted by atomic mass is 16.5. The van der Waals surface area contributed by atoms with Crippen molar-refractivity contribution >= 4 is 11.9 Å². The van der Waals surface area contributed by atoms with E-state index in [4.69, 9.17) is 4.74 Å². The lowest BCUT2D eigenvalue weighted by molar-refractivity contribution is -0.154. The van der Waals surface area contributed by atoms with Crippen LogP contribution in [0.2, 0.25) is 0 Å². The zero-order valence-electron chi connectivity index (χ0n) is 12.2. The predicted molar refractivity (Wildman–Crippen MR) is 75.0 cm³/mol. The van der Waals surface area contributed by atoms with Gasteiger partial charge < -0.3 is 15.2 Å². The molecule has 1 fully saturated rings. The summed E-state index contributed by atoms with van der Waals surface area (Å²) in [7, 11) is 0. The molecule has 0 atom stereocenters. The maximum absolute atomic E-state index is 12.1. The summed E-state index contributed by atoms with van der Waals surface area (Å²) in [6.07, 6.45) is 4.94. The molecule has 1 aliphatic heterocycles. The number of carboxylic acid groups (broad SMARTS) is 1. The molecular weight excluding hydrogens is 274 g/mol. The third-order valence-electron chi connectivity index (χ3n) is 3.84. The first-order chi connectivity index (χ1) is 10.1. The van der Waals surface area contributed by atoms with Crippen LogP contribution in [0.4, 0.5) is 0 Å². The van der Waals surface area contributed by atoms with Crippen LogP contribution in [0, 0.1) is 5.41 Å². The largest absolute Gasteiger partial charge is 0.481 e. The smallest absolute Gasteiger partial charge is 0.311 e. The topological polar surface area (TPSA) is 93.5 Å². The van der Waals surface area contributed by atoms with E-state index in [2.05, 4.69) is 10.4 Å². The van der Waals surface area contributed by atoms with Gasteiger partial charge in [-0.05, 0) is 19.3 Å². The van der Waals surface area contributed by atoms with Crippen LogP contribution in [-0.2, 0) is 16.1 Å². The summed E-state index contributed by atoms with van der Waals surface area (Å²) < 4.78 is 6.91. The Balaban J connectivity index is 1.96. The molecule has 116 valence electrons. The van der Waals surface area contributed by atoms with Crippen molar-refractivity contribution in [3.05, 3.63) is 18.0 Å². The Hall–Kier alpha value is -1.89. The van der Waals surface area contributed by atoms with Crippen LogP contribution < -0.4 is 5.32 Å². The average molecular weight is 295 g/mol. The molecule has 21 heavy (non-hydrogen) atoms. The molecule has 2 rings (SSSR count). The number of carboxylic acids is 1. The normalized spacial score (nSPS) is 17.4. The second-order valence-electron chi connectivity index (χ2n) is 5.37. The number of carbonyl (C=O) groups excluding carboxylic acids is 1. The van der Waals surface area contributed by atoms with Crippen molar-refractivity contribution < 1.29 is 19.4 Å². The van der Waals surface area contributed by atoms with E-state index in [-0.39, 0.29) is 12.5 Å². The molecular formula is C14H21N3O4. The Labute approximate surface area is 123 Å². The molecule has 0 aromatic carbocycles. The Bertz CT molecular complexity index is 506. The average Bonchev–Trinajstić information content (AvgIpc) is 2.95. The monoisotopic (exact) mass is 295 g/mol. The molecule has 0 aliphatic carbocycles. The third kappa shape index (κ3) is 3.60. The fourth-order valence-corrected chi connectivity index (χ4v) is 2.41. The number of aromatic nitrogens is 2. The van der Waals surface area contributed by atoms with Gasteiger partial charge in [0, 0.05) is 32.5 Å². The molecule has 1 amide bonds. The van der Waals surface area contributed by atoms with E-state index in [0.717, 1.165) is 13.0 Å². The predicted octanol–water partition coefficient (Wildman–Crippen LogP) is 0.904. The van der Waals surface area contributed by atoms with Crippen LogP contribution in [-0.4, -0.2) is 46.5 Å². The lowest BCUT2D eigenvalue weighted by atomic mass is 9.80. The van der Waals surface area contributed by atoms with Crippen LogP contribution in [0.25, 0.3) is 0 Å². The van der Waals surface area contributed by atoms with Gasteiger partial charge in [-0.15, -0.1) is 0 Å². The van der Waals surface area contributed by atoms with Gasteiger partial charge in [0.25, 0.3) is 5.91 Å². The maximum atomic E-state index is 12.1. The van der Waals surface area contributed by atoms with E-state index in [0.29, 0.717) is 31.6 Å². The van der Waals surface area contributed by atoms with Crippen molar-refractivity contribution in [2.75, 3.05) is 19.8 Å². The minimum absolute atomic E-state index is 0.115. The molecule has 0 spiro atoms. The first-order valence-corrected chi connectivity index (χ1v) is 7.19. The molecule has 0 bridgehead atoms. The van der Waals surface area contributed by atoms with Crippen LogP contribution in [0.3, 0.4) is 0 Å². The highest BCUT2D eigenvalue weighted by Crippen LogP contribution is 2.30. The number of ether oxygens (including phenoxy) is 1. The first-order valence-electron chi connectivity index (χ1n) is 7.19. The molecule has 1 aromatic heterocycles. The van der Waals surface area contributed by atoms with E-state index in [1.807, 2.05) is 6.92 Å². The molecule has 2 heterocycles. The molecule has 0 saturated carbocycles. The number of amides is 1. The zero-order chi connectivity index (χ0) is 15.3. The van der Waals surface area contributed by atoms with Gasteiger partial charge in [0.1, 0.15) is 0 Å². The van der Waals surface area contributed by atoms with Gasteiger partial charge in [-0.25, -0.2) is 0 Å². The second kappa shape index (κ2) is 6.71. The number of aryl methyl sites for hydroxylation is 1. The van der Waals surface area contributed by atoms with E-state index in [1.165, 1.54) is 6.20 Å². The molecule has 7 nitrogen and oxygen atoms in total. The first kappa shape index (κ1) is 15.5. The van der Waals surface area contributed by atoms with Crippen LogP contribution in [0.15, 0.2) is 12.4 Å². The van der Waals surface area contributed by atoms with Gasteiger partial charge in [0.05, 0.1) is 17.2 Å². The number of nitrogens with one attached hydrogen (secondary N) is 1. The molecule has 0 unspecified atom stereocenters. The Morgan fingerprint density at radius 3 is 2.81 bits per heavy atom. The summed E-state index contributed by atoms with van der Waals surface area (Å²) in [6, 6.07) is 0. The van der Waals surface area contributed by atoms with Gasteiger partial charge in [-0.1, -0.05) is 6.92 Å². The van der Waals surface area contributed by atoms with Crippen molar-refractivity contribution in [3.63, 3.8) is 0 Å². The summed E-state index contributed by atoms with van der Waals surface area (Å²) in [5.41, 5.74) is -0.469. The SMILES string of the molecule is CCCn1cc(C(=O)NCC2(C(=O)O)CCOCC2)cn1. The lowest BCUT2D eigenvalue weighted by Gasteiger charge is -2.33. The molecule has 2 N–H and O–H groups in total. The maximum Gasteiger partial charge on any atom is 0.311 e. The van der Waals surface area contributed by atoms with Crippen molar-refractivity contribution in [2.24, 2.45) is 5.41 Å². The van der Waals surface area contributed by atoms with Gasteiger partial charge in [-0.2, -0.15) is 5.10 Å². The van der Waals surface area contributed by atoms with E-state index >= 15 is 0 Å². The van der Waals surface area contributed by atoms with E-state index in [1.54, 1.807) is 10.9 Å². The minimum atomic E-state index is -0.923. The van der Waals surface area contributed by atoms with Gasteiger partial charge in [0.2, 0.25) is 0 Å². The Morgan fingerprint density at radius 1 is 1.48 bits per heavy atom. The summed E-state index contributed by atoms with van der Waals surface area (Å²) in [6.45, 7) is 3.73. The molecule has 7 heteroatoms. The van der Waals surface area contributed by atoms with E-state index < -0.39 is 11.4 Å². The fourth-order valence-electron chi connectivity index (χ4n) is 2.41. The summed E-state index contributed by atoms with van der Waals surface area (Å²) in [5.74, 6) is -1.17. The number of aliphatic carboxylic acids is 1. The standard InChI is InChI=1S/C14H21N3O4/c1-2-5-17-9-11(8-16-17)12(18)15-10-14(13(19)20)3-6-21-7-4-14/h8-9H,2-7,10H2,1H3,(H,15,18)(H,19,20). The highest BCUT2D eigenvalue weighted by Gasteiger charge is 2.40. The van der Waals surface area contributed by atoms with E-state index in [9.17, 15) is 14.7 Å². The van der Waals surface area contributed by atoms with Crippen molar-refractivity contribution in [1.29, 1.82) is 0 Å². The number of rotatable bonds is 6. The summed E-state index contributed by atoms with van der Waals surface area (Å²) in [5, 5.41) is 16.2. The number of nitrogens with zero attached hydrogens (tertiary/aromatic N) is 2. The Morgan fingerprint density at radius 2 is 2.19 bits per heavy atom. The van der Waals surface area contributed by atoms with Gasteiger partial charge in [0.15, 0.2) is 0 Å². The fraction of sp³-hybridized carbons (Fsp3) is 0.643. The second-order valence-corrected chi connectivity index (χ2v) is 5.37.